The van der Waals surface area contributed by atoms with E-state index in [2.05, 4.69) is 29.5 Å². The first-order valence-corrected chi connectivity index (χ1v) is 7.66. The molecule has 0 aliphatic rings. The Morgan fingerprint density at radius 1 is 1.32 bits per heavy atom. The predicted octanol–water partition coefficient (Wildman–Crippen LogP) is 1.92. The van der Waals surface area contributed by atoms with Gasteiger partial charge in [0.1, 0.15) is 24.3 Å². The molecule has 1 aromatic rings. The highest BCUT2D eigenvalue weighted by Crippen LogP contribution is 2.11. The van der Waals surface area contributed by atoms with Crippen LogP contribution in [0.1, 0.15) is 27.2 Å². The molecule has 1 rings (SSSR count). The van der Waals surface area contributed by atoms with E-state index in [4.69, 9.17) is 4.74 Å². The quantitative estimate of drug-likeness (QED) is 0.507. The van der Waals surface area contributed by atoms with Crippen molar-refractivity contribution in [3.63, 3.8) is 0 Å². The molecule has 22 heavy (non-hydrogen) atoms. The monoisotopic (exact) mass is 311 g/mol. The Bertz CT molecular complexity index is 451. The summed E-state index contributed by atoms with van der Waals surface area (Å²) in [5, 5.41) is 16.3. The molecule has 0 aliphatic carbocycles. The van der Waals surface area contributed by atoms with Gasteiger partial charge < -0.3 is 20.5 Å². The van der Waals surface area contributed by atoms with Gasteiger partial charge in [-0.1, -0.05) is 6.92 Å². The summed E-state index contributed by atoms with van der Waals surface area (Å²) in [4.78, 5) is 4.33. The minimum atomic E-state index is -0.725. The van der Waals surface area contributed by atoms with Gasteiger partial charge in [0, 0.05) is 12.6 Å². The van der Waals surface area contributed by atoms with Crippen LogP contribution in [0.25, 0.3) is 0 Å². The van der Waals surface area contributed by atoms with Crippen molar-refractivity contribution >= 4 is 5.96 Å². The zero-order valence-corrected chi connectivity index (χ0v) is 13.5. The molecule has 5 nitrogen and oxygen atoms in total. The standard InChI is InChI=1S/C16H26FN3O2/c1-4-12(3)20-16(18-5-2)19-10-14(21)11-22-15-8-6-13(17)7-9-15/h6-9,12,14,21H,4-5,10-11H2,1-3H3,(H2,18,19,20). The van der Waals surface area contributed by atoms with Crippen LogP contribution in [0.4, 0.5) is 4.39 Å². The zero-order valence-electron chi connectivity index (χ0n) is 13.5. The van der Waals surface area contributed by atoms with Crippen LogP contribution >= 0.6 is 0 Å². The third-order valence-corrected chi connectivity index (χ3v) is 3.06. The van der Waals surface area contributed by atoms with E-state index < -0.39 is 6.10 Å². The molecule has 0 amide bonds. The Hall–Kier alpha value is -1.82. The number of ether oxygens (including phenoxy) is 1. The number of rotatable bonds is 8. The minimum Gasteiger partial charge on any atom is -0.491 e. The summed E-state index contributed by atoms with van der Waals surface area (Å²) in [6, 6.07) is 6.00. The fourth-order valence-electron chi connectivity index (χ4n) is 1.63. The molecule has 1 aromatic carbocycles. The van der Waals surface area contributed by atoms with Crippen molar-refractivity contribution < 1.29 is 14.2 Å². The molecule has 2 unspecified atom stereocenters. The van der Waals surface area contributed by atoms with Crippen LogP contribution in [0.5, 0.6) is 5.75 Å². The SMILES string of the molecule is CCNC(=NCC(O)COc1ccc(F)cc1)NC(C)CC. The maximum atomic E-state index is 12.8. The molecule has 0 saturated heterocycles. The van der Waals surface area contributed by atoms with Gasteiger partial charge in [-0.3, -0.25) is 4.99 Å². The van der Waals surface area contributed by atoms with Crippen molar-refractivity contribution in [3.05, 3.63) is 30.1 Å². The first-order valence-electron chi connectivity index (χ1n) is 7.66. The summed E-state index contributed by atoms with van der Waals surface area (Å²) in [6.07, 6.45) is 0.262. The highest BCUT2D eigenvalue weighted by atomic mass is 19.1. The number of benzene rings is 1. The molecule has 0 aliphatic heterocycles. The Balaban J connectivity index is 2.42. The summed E-state index contributed by atoms with van der Waals surface area (Å²) < 4.78 is 18.2. The molecule has 0 heterocycles. The molecule has 0 fully saturated rings. The van der Waals surface area contributed by atoms with Crippen LogP contribution in [0.2, 0.25) is 0 Å². The second-order valence-corrected chi connectivity index (χ2v) is 5.09. The summed E-state index contributed by atoms with van der Waals surface area (Å²) in [5.41, 5.74) is 0. The number of nitrogens with zero attached hydrogens (tertiary/aromatic N) is 1. The maximum Gasteiger partial charge on any atom is 0.191 e. The highest BCUT2D eigenvalue weighted by molar-refractivity contribution is 5.80. The first kappa shape index (κ1) is 18.2. The van der Waals surface area contributed by atoms with Gasteiger partial charge in [0.25, 0.3) is 0 Å². The number of hydrogen-bond acceptors (Lipinski definition) is 3. The molecule has 3 N–H and O–H groups in total. The van der Waals surface area contributed by atoms with Gasteiger partial charge in [0.05, 0.1) is 6.54 Å². The van der Waals surface area contributed by atoms with Crippen LogP contribution in [0, 0.1) is 5.82 Å². The second kappa shape index (κ2) is 10.00. The van der Waals surface area contributed by atoms with Crippen molar-refractivity contribution in [2.24, 2.45) is 4.99 Å². The largest absolute Gasteiger partial charge is 0.491 e. The third-order valence-electron chi connectivity index (χ3n) is 3.06. The Labute approximate surface area is 131 Å². The lowest BCUT2D eigenvalue weighted by molar-refractivity contribution is 0.114. The van der Waals surface area contributed by atoms with Gasteiger partial charge >= 0.3 is 0 Å². The lowest BCUT2D eigenvalue weighted by Crippen LogP contribution is -2.42. The molecular formula is C16H26FN3O2. The molecule has 0 spiro atoms. The van der Waals surface area contributed by atoms with Gasteiger partial charge in [-0.15, -0.1) is 0 Å². The van der Waals surface area contributed by atoms with Gasteiger partial charge in [-0.05, 0) is 44.5 Å². The number of guanidine groups is 1. The van der Waals surface area contributed by atoms with Gasteiger partial charge in [-0.25, -0.2) is 4.39 Å². The van der Waals surface area contributed by atoms with Crippen molar-refractivity contribution in [1.82, 2.24) is 10.6 Å². The number of halogens is 1. The van der Waals surface area contributed by atoms with Crippen LogP contribution < -0.4 is 15.4 Å². The summed E-state index contributed by atoms with van der Waals surface area (Å²) >= 11 is 0. The predicted molar refractivity (Wildman–Crippen MR) is 86.8 cm³/mol. The molecule has 0 saturated carbocycles. The molecular weight excluding hydrogens is 285 g/mol. The number of hydrogen-bond donors (Lipinski definition) is 3. The third kappa shape index (κ3) is 7.26. The van der Waals surface area contributed by atoms with E-state index in [9.17, 15) is 9.50 Å². The Morgan fingerprint density at radius 2 is 2.00 bits per heavy atom. The first-order chi connectivity index (χ1) is 10.5. The lowest BCUT2D eigenvalue weighted by atomic mass is 10.3. The van der Waals surface area contributed by atoms with Gasteiger partial charge in [-0.2, -0.15) is 0 Å². The van der Waals surface area contributed by atoms with E-state index in [0.29, 0.717) is 17.8 Å². The van der Waals surface area contributed by atoms with Crippen LogP contribution in [-0.2, 0) is 0 Å². The van der Waals surface area contributed by atoms with E-state index in [0.717, 1.165) is 13.0 Å². The topological polar surface area (TPSA) is 65.9 Å². The number of aliphatic hydroxyl groups is 1. The molecule has 124 valence electrons. The van der Waals surface area contributed by atoms with Crippen LogP contribution in [-0.4, -0.2) is 42.9 Å². The van der Waals surface area contributed by atoms with E-state index in [1.54, 1.807) is 0 Å². The average molecular weight is 311 g/mol. The number of aliphatic imine (C=N–C) groups is 1. The minimum absolute atomic E-state index is 0.109. The molecule has 0 bridgehead atoms. The van der Waals surface area contributed by atoms with E-state index in [-0.39, 0.29) is 19.0 Å². The van der Waals surface area contributed by atoms with Gasteiger partial charge in [0.2, 0.25) is 0 Å². The Kier molecular flexibility index (Phi) is 8.28. The van der Waals surface area contributed by atoms with E-state index in [1.165, 1.54) is 24.3 Å². The summed E-state index contributed by atoms with van der Waals surface area (Å²) in [5.74, 6) is 0.885. The van der Waals surface area contributed by atoms with E-state index >= 15 is 0 Å². The normalized spacial score (nSPS) is 14.3. The van der Waals surface area contributed by atoms with E-state index in [1.807, 2.05) is 6.92 Å². The fraction of sp³-hybridized carbons (Fsp3) is 0.562. The van der Waals surface area contributed by atoms with Crippen molar-refractivity contribution in [1.29, 1.82) is 0 Å². The number of aliphatic hydroxyl groups excluding tert-OH is 1. The molecule has 6 heteroatoms. The highest BCUT2D eigenvalue weighted by Gasteiger charge is 2.07. The summed E-state index contributed by atoms with van der Waals surface area (Å²) in [7, 11) is 0. The maximum absolute atomic E-state index is 12.8. The number of nitrogens with one attached hydrogen (secondary N) is 2. The zero-order chi connectivity index (χ0) is 16.4. The van der Waals surface area contributed by atoms with Crippen molar-refractivity contribution in [3.8, 4) is 5.75 Å². The summed E-state index contributed by atoms with van der Waals surface area (Å²) in [6.45, 7) is 7.24. The average Bonchev–Trinajstić information content (AvgIpc) is 2.52. The molecule has 2 atom stereocenters. The smallest absolute Gasteiger partial charge is 0.191 e. The molecule has 0 radical (unpaired) electrons. The lowest BCUT2D eigenvalue weighted by Gasteiger charge is -2.17. The Morgan fingerprint density at radius 3 is 2.59 bits per heavy atom. The van der Waals surface area contributed by atoms with Gasteiger partial charge in [0.15, 0.2) is 5.96 Å². The van der Waals surface area contributed by atoms with Crippen LogP contribution in [0.15, 0.2) is 29.3 Å². The fourth-order valence-corrected chi connectivity index (χ4v) is 1.63. The second-order valence-electron chi connectivity index (χ2n) is 5.09. The van der Waals surface area contributed by atoms with Crippen LogP contribution in [0.3, 0.4) is 0 Å². The molecule has 0 aromatic heterocycles. The van der Waals surface area contributed by atoms with Crippen molar-refractivity contribution in [2.75, 3.05) is 19.7 Å². The van der Waals surface area contributed by atoms with Crippen molar-refractivity contribution in [2.45, 2.75) is 39.3 Å².